The standard InChI is InChI=1S/C30H31N3O2/c1-3-33-27-10-5-4-7-22(27)25-17-19(12-14-28(25)33)29-23-9-6-8-21(23)24-18-20(11-13-26(24)32-29)30(34)31-15-16-35-2/h4-8,10-14,17-18,21,23,29,32H,3,9,15-16H2,1-2H3,(H,31,34). The summed E-state index contributed by atoms with van der Waals surface area (Å²) in [6, 6.07) is 21.9. The summed E-state index contributed by atoms with van der Waals surface area (Å²) in [4.78, 5) is 12.6. The molecule has 2 aliphatic rings. The van der Waals surface area contributed by atoms with Crippen molar-refractivity contribution in [1.82, 2.24) is 9.88 Å². The van der Waals surface area contributed by atoms with Gasteiger partial charge in [-0.1, -0.05) is 36.4 Å². The highest BCUT2D eigenvalue weighted by Crippen LogP contribution is 2.50. The van der Waals surface area contributed by atoms with E-state index in [-0.39, 0.29) is 11.9 Å². The average Bonchev–Trinajstić information content (AvgIpc) is 3.51. The molecule has 2 N–H and O–H groups in total. The van der Waals surface area contributed by atoms with Crippen molar-refractivity contribution in [2.75, 3.05) is 25.6 Å². The molecule has 1 aliphatic heterocycles. The maximum absolute atomic E-state index is 12.6. The van der Waals surface area contributed by atoms with Crippen molar-refractivity contribution in [3.05, 3.63) is 89.5 Å². The van der Waals surface area contributed by atoms with Crippen LogP contribution in [0.3, 0.4) is 0 Å². The largest absolute Gasteiger partial charge is 0.383 e. The second kappa shape index (κ2) is 8.90. The maximum atomic E-state index is 12.6. The van der Waals surface area contributed by atoms with Gasteiger partial charge < -0.3 is 19.9 Å². The number of amides is 1. The zero-order valence-electron chi connectivity index (χ0n) is 20.3. The predicted molar refractivity (Wildman–Crippen MR) is 142 cm³/mol. The summed E-state index contributed by atoms with van der Waals surface area (Å²) in [5.41, 5.74) is 6.94. The lowest BCUT2D eigenvalue weighted by Gasteiger charge is -2.37. The first-order valence-electron chi connectivity index (χ1n) is 12.5. The highest BCUT2D eigenvalue weighted by molar-refractivity contribution is 6.08. The number of nitrogens with one attached hydrogen (secondary N) is 2. The number of benzene rings is 3. The van der Waals surface area contributed by atoms with Gasteiger partial charge in [0.2, 0.25) is 0 Å². The van der Waals surface area contributed by atoms with E-state index >= 15 is 0 Å². The topological polar surface area (TPSA) is 55.3 Å². The molecule has 3 aromatic carbocycles. The van der Waals surface area contributed by atoms with E-state index in [9.17, 15) is 4.79 Å². The van der Waals surface area contributed by atoms with Crippen LogP contribution >= 0.6 is 0 Å². The number of para-hydroxylation sites is 1. The Morgan fingerprint density at radius 2 is 1.94 bits per heavy atom. The van der Waals surface area contributed by atoms with Crippen molar-refractivity contribution in [1.29, 1.82) is 0 Å². The van der Waals surface area contributed by atoms with Crippen molar-refractivity contribution in [2.45, 2.75) is 31.8 Å². The van der Waals surface area contributed by atoms with Crippen molar-refractivity contribution < 1.29 is 9.53 Å². The summed E-state index contributed by atoms with van der Waals surface area (Å²) in [6.45, 7) is 4.18. The smallest absolute Gasteiger partial charge is 0.251 e. The molecular formula is C30H31N3O2. The quantitative estimate of drug-likeness (QED) is 0.271. The Bertz CT molecular complexity index is 1450. The van der Waals surface area contributed by atoms with Crippen molar-refractivity contribution in [3.8, 4) is 0 Å². The van der Waals surface area contributed by atoms with Gasteiger partial charge in [-0.2, -0.15) is 0 Å². The van der Waals surface area contributed by atoms with Crippen LogP contribution in [0.4, 0.5) is 5.69 Å². The molecular weight excluding hydrogens is 434 g/mol. The molecule has 1 aromatic heterocycles. The molecule has 3 atom stereocenters. The van der Waals surface area contributed by atoms with Gasteiger partial charge in [0.05, 0.1) is 12.6 Å². The van der Waals surface area contributed by atoms with Crippen molar-refractivity contribution >= 4 is 33.4 Å². The van der Waals surface area contributed by atoms with Crippen LogP contribution in [-0.2, 0) is 11.3 Å². The fraction of sp³-hybridized carbons (Fsp3) is 0.300. The molecule has 6 rings (SSSR count). The fourth-order valence-corrected chi connectivity index (χ4v) is 6.04. The molecule has 0 bridgehead atoms. The first-order chi connectivity index (χ1) is 17.2. The average molecular weight is 466 g/mol. The SMILES string of the molecule is CCn1c2ccccc2c2cc(C3Nc4ccc(C(=O)NCCOC)cc4C4C=CCC43)ccc21. The molecule has 0 fully saturated rings. The zero-order chi connectivity index (χ0) is 23.9. The number of carbonyl (C=O) groups excluding carboxylic acids is 1. The zero-order valence-corrected chi connectivity index (χ0v) is 20.3. The number of ether oxygens (including phenoxy) is 1. The molecule has 0 radical (unpaired) electrons. The summed E-state index contributed by atoms with van der Waals surface area (Å²) >= 11 is 0. The lowest BCUT2D eigenvalue weighted by Crippen LogP contribution is -2.30. The minimum atomic E-state index is -0.0525. The highest BCUT2D eigenvalue weighted by atomic mass is 16.5. The summed E-state index contributed by atoms with van der Waals surface area (Å²) in [5.74, 6) is 0.671. The van der Waals surface area contributed by atoms with E-state index in [0.29, 0.717) is 30.6 Å². The van der Waals surface area contributed by atoms with Crippen LogP contribution in [0.5, 0.6) is 0 Å². The molecule has 35 heavy (non-hydrogen) atoms. The van der Waals surface area contributed by atoms with E-state index in [4.69, 9.17) is 4.74 Å². The van der Waals surface area contributed by atoms with E-state index in [1.807, 2.05) is 6.07 Å². The van der Waals surface area contributed by atoms with Gasteiger partial charge in [-0.15, -0.1) is 0 Å². The van der Waals surface area contributed by atoms with Gasteiger partial charge in [0, 0.05) is 59.2 Å². The van der Waals surface area contributed by atoms with Gasteiger partial charge in [-0.25, -0.2) is 0 Å². The number of anilines is 1. The molecule has 1 amide bonds. The molecule has 0 saturated heterocycles. The van der Waals surface area contributed by atoms with Crippen LogP contribution in [-0.4, -0.2) is 30.7 Å². The van der Waals surface area contributed by atoms with Gasteiger partial charge in [0.25, 0.3) is 5.91 Å². The molecule has 3 unspecified atom stereocenters. The van der Waals surface area contributed by atoms with Crippen LogP contribution in [0.2, 0.25) is 0 Å². The van der Waals surface area contributed by atoms with Crippen molar-refractivity contribution in [3.63, 3.8) is 0 Å². The van der Waals surface area contributed by atoms with Gasteiger partial charge in [-0.3, -0.25) is 4.79 Å². The summed E-state index contributed by atoms with van der Waals surface area (Å²) < 4.78 is 7.45. The molecule has 4 aromatic rings. The lowest BCUT2D eigenvalue weighted by atomic mass is 9.76. The van der Waals surface area contributed by atoms with Gasteiger partial charge >= 0.3 is 0 Å². The Labute approximate surface area is 205 Å². The number of aromatic nitrogens is 1. The number of fused-ring (bicyclic) bond motifs is 6. The van der Waals surface area contributed by atoms with Gasteiger partial charge in [0.15, 0.2) is 0 Å². The van der Waals surface area contributed by atoms with Crippen molar-refractivity contribution in [2.24, 2.45) is 5.92 Å². The number of hydrogen-bond donors (Lipinski definition) is 2. The fourth-order valence-electron chi connectivity index (χ4n) is 6.04. The predicted octanol–water partition coefficient (Wildman–Crippen LogP) is 6.02. The molecule has 5 heteroatoms. The summed E-state index contributed by atoms with van der Waals surface area (Å²) in [7, 11) is 1.64. The molecule has 1 aliphatic carbocycles. The first-order valence-corrected chi connectivity index (χ1v) is 12.5. The van der Waals surface area contributed by atoms with Crippen LogP contribution in [0.1, 0.15) is 46.8 Å². The second-order valence-electron chi connectivity index (χ2n) is 9.56. The molecule has 178 valence electrons. The Balaban J connectivity index is 1.37. The minimum absolute atomic E-state index is 0.0525. The molecule has 2 heterocycles. The first kappa shape index (κ1) is 21.9. The lowest BCUT2D eigenvalue weighted by molar-refractivity contribution is 0.0937. The number of nitrogens with zero attached hydrogens (tertiary/aromatic N) is 1. The van der Waals surface area contributed by atoms with Crippen LogP contribution < -0.4 is 10.6 Å². The van der Waals surface area contributed by atoms with Gasteiger partial charge in [0.1, 0.15) is 0 Å². The minimum Gasteiger partial charge on any atom is -0.383 e. The van der Waals surface area contributed by atoms with E-state index in [1.165, 1.54) is 32.9 Å². The number of aryl methyl sites for hydroxylation is 1. The third kappa shape index (κ3) is 3.62. The van der Waals surface area contributed by atoms with E-state index in [1.54, 1.807) is 7.11 Å². The monoisotopic (exact) mass is 465 g/mol. The third-order valence-electron chi connectivity index (χ3n) is 7.69. The number of hydrogen-bond acceptors (Lipinski definition) is 3. The summed E-state index contributed by atoms with van der Waals surface area (Å²) in [6.07, 6.45) is 5.65. The second-order valence-corrected chi connectivity index (χ2v) is 9.56. The maximum Gasteiger partial charge on any atom is 0.251 e. The number of methoxy groups -OCH3 is 1. The van der Waals surface area contributed by atoms with Crippen LogP contribution in [0.15, 0.2) is 72.8 Å². The Kier molecular flexibility index (Phi) is 5.57. The normalized spacial score (nSPS) is 20.6. The van der Waals surface area contributed by atoms with Crippen LogP contribution in [0.25, 0.3) is 21.8 Å². The van der Waals surface area contributed by atoms with E-state index < -0.39 is 0 Å². The summed E-state index contributed by atoms with van der Waals surface area (Å²) in [5, 5.41) is 9.40. The van der Waals surface area contributed by atoms with Gasteiger partial charge in [-0.05, 0) is 66.8 Å². The Morgan fingerprint density at radius 3 is 2.80 bits per heavy atom. The number of allylic oxidation sites excluding steroid dienone is 2. The van der Waals surface area contributed by atoms with Crippen LogP contribution in [0, 0.1) is 5.92 Å². The van der Waals surface area contributed by atoms with E-state index in [2.05, 4.69) is 88.9 Å². The molecule has 0 saturated carbocycles. The third-order valence-corrected chi connectivity index (χ3v) is 7.69. The van der Waals surface area contributed by atoms with E-state index in [0.717, 1.165) is 18.7 Å². The molecule has 0 spiro atoms. The Morgan fingerprint density at radius 1 is 1.09 bits per heavy atom. The number of carbonyl (C=O) groups is 1. The molecule has 5 nitrogen and oxygen atoms in total. The Hall–Kier alpha value is -3.57. The number of rotatable bonds is 6. The highest BCUT2D eigenvalue weighted by Gasteiger charge is 2.38.